The van der Waals surface area contributed by atoms with Crippen LogP contribution in [-0.2, 0) is 4.79 Å². The average molecular weight is 266 g/mol. The number of hydrogen-bond donors (Lipinski definition) is 1. The largest absolute Gasteiger partial charge is 0.480 e. The Balaban J connectivity index is 2.51. The smallest absolute Gasteiger partial charge is 0.326 e. The van der Waals surface area contributed by atoms with Crippen LogP contribution in [-0.4, -0.2) is 15.6 Å². The van der Waals surface area contributed by atoms with E-state index in [-0.39, 0.29) is 0 Å². The van der Waals surface area contributed by atoms with Gasteiger partial charge in [-0.05, 0) is 30.5 Å². The first-order valence-electron chi connectivity index (χ1n) is 5.98. The number of hydrogen-bond acceptors (Lipinski definition) is 1. The predicted molar refractivity (Wildman–Crippen MR) is 73.1 cm³/mol. The summed E-state index contributed by atoms with van der Waals surface area (Å²) >= 11 is 6.10. The molecular weight excluding hydrogens is 250 g/mol. The van der Waals surface area contributed by atoms with Gasteiger partial charge in [-0.3, -0.25) is 0 Å². The van der Waals surface area contributed by atoms with Gasteiger partial charge in [-0.2, -0.15) is 0 Å². The van der Waals surface area contributed by atoms with Crippen molar-refractivity contribution in [3.8, 4) is 0 Å². The maximum absolute atomic E-state index is 11.4. The molecule has 1 N–H and O–H groups in total. The third kappa shape index (κ3) is 2.36. The van der Waals surface area contributed by atoms with Crippen molar-refractivity contribution in [2.24, 2.45) is 5.92 Å². The van der Waals surface area contributed by atoms with Crippen molar-refractivity contribution in [3.63, 3.8) is 0 Å². The summed E-state index contributed by atoms with van der Waals surface area (Å²) in [5.41, 5.74) is 0.871. The summed E-state index contributed by atoms with van der Waals surface area (Å²) in [6, 6.07) is 6.88. The molecule has 1 unspecified atom stereocenters. The van der Waals surface area contributed by atoms with Gasteiger partial charge < -0.3 is 9.67 Å². The maximum atomic E-state index is 11.4. The number of aromatic nitrogens is 1. The summed E-state index contributed by atoms with van der Waals surface area (Å²) in [5, 5.41) is 10.9. The molecule has 2 aromatic rings. The number of rotatable bonds is 4. The molecule has 2 rings (SSSR count). The van der Waals surface area contributed by atoms with Crippen molar-refractivity contribution < 1.29 is 9.90 Å². The quantitative estimate of drug-likeness (QED) is 0.909. The van der Waals surface area contributed by atoms with E-state index in [0.717, 1.165) is 10.9 Å². The molecule has 1 aromatic carbocycles. The fourth-order valence-electron chi connectivity index (χ4n) is 2.20. The van der Waals surface area contributed by atoms with E-state index in [4.69, 9.17) is 11.6 Å². The summed E-state index contributed by atoms with van der Waals surface area (Å²) in [7, 11) is 0. The first-order valence-corrected chi connectivity index (χ1v) is 6.36. The standard InChI is InChI=1S/C14H16ClNO2/c1-9(2)8-13(14(17)18)16-7-6-10-11(15)4-3-5-12(10)16/h3-7,9,13H,8H2,1-2H3,(H,17,18). The normalized spacial score (nSPS) is 13.1. The lowest BCUT2D eigenvalue weighted by atomic mass is 10.0. The molecule has 1 aromatic heterocycles. The van der Waals surface area contributed by atoms with E-state index in [9.17, 15) is 9.90 Å². The van der Waals surface area contributed by atoms with Crippen LogP contribution < -0.4 is 0 Å². The number of nitrogens with zero attached hydrogens (tertiary/aromatic N) is 1. The van der Waals surface area contributed by atoms with E-state index in [2.05, 4.69) is 0 Å². The molecule has 0 saturated heterocycles. The second-order valence-corrected chi connectivity index (χ2v) is 5.29. The molecule has 96 valence electrons. The number of carboxylic acids is 1. The minimum atomic E-state index is -0.804. The summed E-state index contributed by atoms with van der Waals surface area (Å²) in [6.07, 6.45) is 2.41. The Bertz CT molecular complexity index is 574. The molecule has 3 nitrogen and oxygen atoms in total. The van der Waals surface area contributed by atoms with Gasteiger partial charge in [0.15, 0.2) is 0 Å². The van der Waals surface area contributed by atoms with Crippen molar-refractivity contribution in [2.45, 2.75) is 26.3 Å². The zero-order chi connectivity index (χ0) is 13.3. The van der Waals surface area contributed by atoms with Crippen LogP contribution in [0.1, 0.15) is 26.3 Å². The van der Waals surface area contributed by atoms with E-state index in [1.165, 1.54) is 0 Å². The lowest BCUT2D eigenvalue weighted by molar-refractivity contribution is -0.141. The highest BCUT2D eigenvalue weighted by molar-refractivity contribution is 6.35. The molecule has 18 heavy (non-hydrogen) atoms. The molecule has 4 heteroatoms. The van der Waals surface area contributed by atoms with Gasteiger partial charge >= 0.3 is 5.97 Å². The van der Waals surface area contributed by atoms with Crippen molar-refractivity contribution in [1.29, 1.82) is 0 Å². The second-order valence-electron chi connectivity index (χ2n) is 4.88. The zero-order valence-corrected chi connectivity index (χ0v) is 11.2. The van der Waals surface area contributed by atoms with Crippen molar-refractivity contribution >= 4 is 28.5 Å². The fraction of sp³-hybridized carbons (Fsp3) is 0.357. The van der Waals surface area contributed by atoms with Crippen LogP contribution >= 0.6 is 11.6 Å². The number of benzene rings is 1. The van der Waals surface area contributed by atoms with Crippen molar-refractivity contribution in [1.82, 2.24) is 4.57 Å². The molecule has 0 aliphatic heterocycles. The van der Waals surface area contributed by atoms with Crippen LogP contribution in [0, 0.1) is 5.92 Å². The van der Waals surface area contributed by atoms with Gasteiger partial charge in [-0.15, -0.1) is 0 Å². The van der Waals surface area contributed by atoms with Crippen LogP contribution in [0.5, 0.6) is 0 Å². The fourth-order valence-corrected chi connectivity index (χ4v) is 2.44. The predicted octanol–water partition coefficient (Wildman–Crippen LogP) is 3.97. The maximum Gasteiger partial charge on any atom is 0.326 e. The van der Waals surface area contributed by atoms with E-state index in [1.807, 2.05) is 38.1 Å². The van der Waals surface area contributed by atoms with Gasteiger partial charge in [0.05, 0.1) is 5.52 Å². The van der Waals surface area contributed by atoms with E-state index >= 15 is 0 Å². The van der Waals surface area contributed by atoms with Gasteiger partial charge in [0, 0.05) is 16.6 Å². The minimum absolute atomic E-state index is 0.322. The Morgan fingerprint density at radius 3 is 2.72 bits per heavy atom. The van der Waals surface area contributed by atoms with Gasteiger partial charge in [-0.25, -0.2) is 4.79 Å². The lowest BCUT2D eigenvalue weighted by Crippen LogP contribution is -2.20. The third-order valence-corrected chi connectivity index (χ3v) is 3.35. The van der Waals surface area contributed by atoms with Crippen molar-refractivity contribution in [2.75, 3.05) is 0 Å². The van der Waals surface area contributed by atoms with Gasteiger partial charge in [-0.1, -0.05) is 31.5 Å². The molecule has 0 bridgehead atoms. The van der Waals surface area contributed by atoms with E-state index < -0.39 is 12.0 Å². The number of halogens is 1. The molecular formula is C14H16ClNO2. The highest BCUT2D eigenvalue weighted by atomic mass is 35.5. The van der Waals surface area contributed by atoms with Crippen LogP contribution in [0.2, 0.25) is 5.02 Å². The Morgan fingerprint density at radius 1 is 1.39 bits per heavy atom. The molecule has 0 saturated carbocycles. The van der Waals surface area contributed by atoms with Gasteiger partial charge in [0.2, 0.25) is 0 Å². The summed E-state index contributed by atoms with van der Waals surface area (Å²) in [4.78, 5) is 11.4. The van der Waals surface area contributed by atoms with Crippen LogP contribution in [0.15, 0.2) is 30.5 Å². The Kier molecular flexibility index (Phi) is 3.62. The van der Waals surface area contributed by atoms with Gasteiger partial charge in [0.1, 0.15) is 6.04 Å². The van der Waals surface area contributed by atoms with E-state index in [0.29, 0.717) is 17.4 Å². The van der Waals surface area contributed by atoms with Crippen LogP contribution in [0.4, 0.5) is 0 Å². The monoisotopic (exact) mass is 265 g/mol. The number of fused-ring (bicyclic) bond motifs is 1. The molecule has 0 amide bonds. The highest BCUT2D eigenvalue weighted by Gasteiger charge is 2.22. The van der Waals surface area contributed by atoms with Gasteiger partial charge in [0.25, 0.3) is 0 Å². The van der Waals surface area contributed by atoms with Crippen LogP contribution in [0.25, 0.3) is 10.9 Å². The Morgan fingerprint density at radius 2 is 2.11 bits per heavy atom. The summed E-state index contributed by atoms with van der Waals surface area (Å²) in [6.45, 7) is 4.04. The Hall–Kier alpha value is -1.48. The molecule has 0 aliphatic carbocycles. The highest BCUT2D eigenvalue weighted by Crippen LogP contribution is 2.29. The SMILES string of the molecule is CC(C)CC(C(=O)O)n1ccc2c(Cl)cccc21. The topological polar surface area (TPSA) is 42.2 Å². The Labute approximate surface area is 111 Å². The molecule has 0 spiro atoms. The van der Waals surface area contributed by atoms with Crippen molar-refractivity contribution in [3.05, 3.63) is 35.5 Å². The first kappa shape index (κ1) is 13.0. The third-order valence-electron chi connectivity index (χ3n) is 3.03. The molecule has 1 atom stereocenters. The number of carbonyl (C=O) groups is 1. The summed E-state index contributed by atoms with van der Waals surface area (Å²) < 4.78 is 1.80. The lowest BCUT2D eigenvalue weighted by Gasteiger charge is -2.17. The summed E-state index contributed by atoms with van der Waals surface area (Å²) in [5.74, 6) is -0.482. The number of aliphatic carboxylic acids is 1. The molecule has 0 radical (unpaired) electrons. The second kappa shape index (κ2) is 5.02. The molecule has 0 fully saturated rings. The zero-order valence-electron chi connectivity index (χ0n) is 10.4. The van der Waals surface area contributed by atoms with Crippen LogP contribution in [0.3, 0.4) is 0 Å². The average Bonchev–Trinajstić information content (AvgIpc) is 2.70. The molecule has 0 aliphatic rings. The molecule has 1 heterocycles. The minimum Gasteiger partial charge on any atom is -0.480 e. The number of carboxylic acid groups (broad SMARTS) is 1. The first-order chi connectivity index (χ1) is 8.50. The van der Waals surface area contributed by atoms with E-state index in [1.54, 1.807) is 10.8 Å².